The molecule has 1 atom stereocenters. The Morgan fingerprint density at radius 2 is 2.05 bits per heavy atom. The van der Waals surface area contributed by atoms with Crippen molar-refractivity contribution >= 4 is 27.9 Å². The Labute approximate surface area is 126 Å². The standard InChI is InChI=1S/C16H17N3OS/c1-9-15(21-11(3)17-9)10(2)18-14-8-12-6-4-5-7-13(12)16(20)19-14/h4-8,10H,1-3H3,(H2,18,19,20). The summed E-state index contributed by atoms with van der Waals surface area (Å²) in [6.07, 6.45) is 0. The summed E-state index contributed by atoms with van der Waals surface area (Å²) in [5.41, 5.74) is 0.973. The van der Waals surface area contributed by atoms with Crippen molar-refractivity contribution in [2.75, 3.05) is 5.32 Å². The second kappa shape index (κ2) is 5.33. The normalized spacial score (nSPS) is 12.5. The predicted octanol–water partition coefficient (Wildman–Crippen LogP) is 3.77. The summed E-state index contributed by atoms with van der Waals surface area (Å²) < 4.78 is 0. The van der Waals surface area contributed by atoms with E-state index in [2.05, 4.69) is 22.2 Å². The van der Waals surface area contributed by atoms with Crippen LogP contribution in [0.4, 0.5) is 5.82 Å². The molecule has 21 heavy (non-hydrogen) atoms. The number of anilines is 1. The fraction of sp³-hybridized carbons (Fsp3) is 0.250. The van der Waals surface area contributed by atoms with E-state index in [9.17, 15) is 4.79 Å². The Balaban J connectivity index is 1.95. The quantitative estimate of drug-likeness (QED) is 0.774. The molecule has 1 unspecified atom stereocenters. The van der Waals surface area contributed by atoms with Crippen molar-refractivity contribution < 1.29 is 0 Å². The van der Waals surface area contributed by atoms with Crippen LogP contribution in [0.3, 0.4) is 0 Å². The number of benzene rings is 1. The first-order valence-corrected chi connectivity index (χ1v) is 7.69. The van der Waals surface area contributed by atoms with Crippen molar-refractivity contribution in [2.24, 2.45) is 0 Å². The van der Waals surface area contributed by atoms with Crippen LogP contribution in [-0.4, -0.2) is 9.97 Å². The molecule has 3 rings (SSSR count). The van der Waals surface area contributed by atoms with Gasteiger partial charge in [0.2, 0.25) is 0 Å². The van der Waals surface area contributed by atoms with E-state index in [1.807, 2.05) is 44.2 Å². The van der Waals surface area contributed by atoms with Gasteiger partial charge < -0.3 is 10.3 Å². The zero-order chi connectivity index (χ0) is 15.0. The van der Waals surface area contributed by atoms with Crippen molar-refractivity contribution in [3.8, 4) is 0 Å². The Hall–Kier alpha value is -2.14. The van der Waals surface area contributed by atoms with Crippen molar-refractivity contribution in [1.29, 1.82) is 0 Å². The largest absolute Gasteiger partial charge is 0.364 e. The number of fused-ring (bicyclic) bond motifs is 1. The molecule has 0 aliphatic carbocycles. The highest BCUT2D eigenvalue weighted by atomic mass is 32.1. The van der Waals surface area contributed by atoms with Crippen LogP contribution < -0.4 is 10.9 Å². The van der Waals surface area contributed by atoms with Crippen molar-refractivity contribution in [2.45, 2.75) is 26.8 Å². The third kappa shape index (κ3) is 2.69. The number of pyridine rings is 1. The van der Waals surface area contributed by atoms with Gasteiger partial charge in [-0.25, -0.2) is 4.98 Å². The number of rotatable bonds is 3. The van der Waals surface area contributed by atoms with E-state index < -0.39 is 0 Å². The predicted molar refractivity (Wildman–Crippen MR) is 88.2 cm³/mol. The number of H-pyrrole nitrogens is 1. The number of hydrogen-bond donors (Lipinski definition) is 2. The molecule has 0 saturated carbocycles. The summed E-state index contributed by atoms with van der Waals surface area (Å²) in [5.74, 6) is 0.733. The van der Waals surface area contributed by atoms with E-state index in [1.54, 1.807) is 11.3 Å². The molecule has 0 aliphatic heterocycles. The lowest BCUT2D eigenvalue weighted by molar-refractivity contribution is 0.879. The number of aryl methyl sites for hydroxylation is 2. The maximum atomic E-state index is 12.1. The second-order valence-electron chi connectivity index (χ2n) is 5.15. The van der Waals surface area contributed by atoms with E-state index in [1.165, 1.54) is 4.88 Å². The molecule has 0 radical (unpaired) electrons. The average molecular weight is 299 g/mol. The molecule has 2 aromatic heterocycles. The van der Waals surface area contributed by atoms with Gasteiger partial charge in [-0.2, -0.15) is 0 Å². The first-order chi connectivity index (χ1) is 10.0. The van der Waals surface area contributed by atoms with Gasteiger partial charge in [-0.3, -0.25) is 4.79 Å². The van der Waals surface area contributed by atoms with Crippen LogP contribution in [0.2, 0.25) is 0 Å². The highest BCUT2D eigenvalue weighted by Crippen LogP contribution is 2.27. The van der Waals surface area contributed by atoms with Crippen LogP contribution in [0.15, 0.2) is 35.1 Å². The number of thiazole rings is 1. The van der Waals surface area contributed by atoms with Crippen LogP contribution in [0.25, 0.3) is 10.8 Å². The Kier molecular flexibility index (Phi) is 3.51. The Morgan fingerprint density at radius 1 is 1.29 bits per heavy atom. The third-order valence-corrected chi connectivity index (χ3v) is 4.71. The highest BCUT2D eigenvalue weighted by Gasteiger charge is 2.13. The first kappa shape index (κ1) is 13.8. The zero-order valence-corrected chi connectivity index (χ0v) is 13.0. The number of hydrogen-bond acceptors (Lipinski definition) is 4. The summed E-state index contributed by atoms with van der Waals surface area (Å²) in [4.78, 5) is 20.6. The van der Waals surface area contributed by atoms with Gasteiger partial charge in [0, 0.05) is 10.3 Å². The topological polar surface area (TPSA) is 57.8 Å². The van der Waals surface area contributed by atoms with E-state index in [0.717, 1.165) is 21.9 Å². The maximum Gasteiger partial charge on any atom is 0.257 e. The molecule has 2 N–H and O–H groups in total. The lowest BCUT2D eigenvalue weighted by Gasteiger charge is -2.14. The van der Waals surface area contributed by atoms with Gasteiger partial charge in [-0.05, 0) is 38.3 Å². The van der Waals surface area contributed by atoms with E-state index in [0.29, 0.717) is 5.39 Å². The van der Waals surface area contributed by atoms with E-state index in [-0.39, 0.29) is 11.6 Å². The van der Waals surface area contributed by atoms with Crippen LogP contribution in [-0.2, 0) is 0 Å². The molecule has 0 fully saturated rings. The van der Waals surface area contributed by atoms with Crippen molar-refractivity contribution in [3.63, 3.8) is 0 Å². The molecular weight excluding hydrogens is 282 g/mol. The fourth-order valence-electron chi connectivity index (χ4n) is 2.54. The molecule has 0 bridgehead atoms. The minimum Gasteiger partial charge on any atom is -0.364 e. The molecule has 0 spiro atoms. The van der Waals surface area contributed by atoms with Crippen LogP contribution in [0.1, 0.15) is 28.5 Å². The van der Waals surface area contributed by atoms with Crippen LogP contribution in [0.5, 0.6) is 0 Å². The van der Waals surface area contributed by atoms with Gasteiger partial charge in [-0.15, -0.1) is 11.3 Å². The molecule has 2 heterocycles. The molecule has 4 nitrogen and oxygen atoms in total. The Morgan fingerprint density at radius 3 is 2.76 bits per heavy atom. The number of aromatic amines is 1. The third-order valence-electron chi connectivity index (χ3n) is 3.46. The smallest absolute Gasteiger partial charge is 0.257 e. The Bertz CT molecular complexity index is 850. The molecule has 0 amide bonds. The zero-order valence-electron chi connectivity index (χ0n) is 12.2. The number of nitrogens with one attached hydrogen (secondary N) is 2. The van der Waals surface area contributed by atoms with Gasteiger partial charge >= 0.3 is 0 Å². The lowest BCUT2D eigenvalue weighted by atomic mass is 10.1. The molecule has 0 aliphatic rings. The van der Waals surface area contributed by atoms with Gasteiger partial charge in [0.25, 0.3) is 5.56 Å². The summed E-state index contributed by atoms with van der Waals surface area (Å²) in [7, 11) is 0. The van der Waals surface area contributed by atoms with Gasteiger partial charge in [0.1, 0.15) is 5.82 Å². The van der Waals surface area contributed by atoms with Crippen LogP contribution >= 0.6 is 11.3 Å². The average Bonchev–Trinajstić information content (AvgIpc) is 2.78. The monoisotopic (exact) mass is 299 g/mol. The first-order valence-electron chi connectivity index (χ1n) is 6.87. The van der Waals surface area contributed by atoms with Crippen LogP contribution in [0, 0.1) is 13.8 Å². The van der Waals surface area contributed by atoms with Gasteiger partial charge in [0.15, 0.2) is 0 Å². The summed E-state index contributed by atoms with van der Waals surface area (Å²) in [6.45, 7) is 6.10. The van der Waals surface area contributed by atoms with Crippen molar-refractivity contribution in [3.05, 3.63) is 56.3 Å². The molecule has 0 saturated heterocycles. The SMILES string of the molecule is Cc1nc(C)c(C(C)Nc2cc3ccccc3c(=O)[nH]2)s1. The minimum atomic E-state index is -0.0694. The molecule has 5 heteroatoms. The summed E-state index contributed by atoms with van der Waals surface area (Å²) in [5, 5.41) is 6.07. The summed E-state index contributed by atoms with van der Waals surface area (Å²) >= 11 is 1.68. The lowest BCUT2D eigenvalue weighted by Crippen LogP contribution is -2.13. The highest BCUT2D eigenvalue weighted by molar-refractivity contribution is 7.11. The van der Waals surface area contributed by atoms with Gasteiger partial charge in [0.05, 0.1) is 16.7 Å². The molecule has 3 aromatic rings. The molecule has 108 valence electrons. The van der Waals surface area contributed by atoms with E-state index >= 15 is 0 Å². The van der Waals surface area contributed by atoms with E-state index in [4.69, 9.17) is 0 Å². The number of nitrogens with zero attached hydrogens (tertiary/aromatic N) is 1. The summed E-state index contributed by atoms with van der Waals surface area (Å²) in [6, 6.07) is 9.66. The second-order valence-corrected chi connectivity index (χ2v) is 6.38. The molecular formula is C16H17N3OS. The fourth-order valence-corrected chi connectivity index (χ4v) is 3.47. The number of aromatic nitrogens is 2. The minimum absolute atomic E-state index is 0.0694. The molecule has 1 aromatic carbocycles. The van der Waals surface area contributed by atoms with Crippen molar-refractivity contribution in [1.82, 2.24) is 9.97 Å². The van der Waals surface area contributed by atoms with Gasteiger partial charge in [-0.1, -0.05) is 18.2 Å². The maximum absolute atomic E-state index is 12.1.